The largest absolute Gasteiger partial charge is 0.311 e. The van der Waals surface area contributed by atoms with Crippen LogP contribution < -0.4 is 0 Å². The van der Waals surface area contributed by atoms with Crippen LogP contribution >= 0.6 is 48.1 Å². The fraction of sp³-hybridized carbons (Fsp3) is 0. The maximum atomic E-state index is 10.2. The molecule has 0 aromatic rings. The summed E-state index contributed by atoms with van der Waals surface area (Å²) in [6.45, 7) is 0. The first kappa shape index (κ1) is 7.87. The zero-order valence-corrected chi connectivity index (χ0v) is 6.61. The van der Waals surface area contributed by atoms with Gasteiger partial charge in [0, 0.05) is 10.8 Å². The quantitative estimate of drug-likeness (QED) is 0.383. The van der Waals surface area contributed by atoms with E-state index in [9.17, 15) is 4.79 Å². The molecule has 1 amide bonds. The van der Waals surface area contributed by atoms with Crippen molar-refractivity contribution >= 4 is 53.3 Å². The Morgan fingerprint density at radius 2 is 2.00 bits per heavy atom. The molecular weight excluding hydrogens is 170 g/mol. The van der Waals surface area contributed by atoms with Gasteiger partial charge in [0.1, 0.15) is 0 Å². The van der Waals surface area contributed by atoms with Gasteiger partial charge < -0.3 is 0 Å². The second-order valence-corrected chi connectivity index (χ2v) is 2.84. The molecule has 42 valence electrons. The number of thiol groups is 3. The highest BCUT2D eigenvalue weighted by molar-refractivity contribution is 8.75. The first-order chi connectivity index (χ1) is 3.18. The summed E-state index contributed by atoms with van der Waals surface area (Å²) in [5, 5.41) is -0.310. The van der Waals surface area contributed by atoms with Crippen LogP contribution in [-0.4, -0.2) is 8.95 Å². The molecule has 0 bridgehead atoms. The van der Waals surface area contributed by atoms with Crippen molar-refractivity contribution in [1.29, 1.82) is 0 Å². The predicted octanol–water partition coefficient (Wildman–Crippen LogP) is 1.68. The monoisotopic (exact) mass is 173 g/mol. The summed E-state index contributed by atoms with van der Waals surface area (Å²) >= 11 is 10.7. The van der Waals surface area contributed by atoms with Crippen molar-refractivity contribution in [3.05, 3.63) is 0 Å². The lowest BCUT2D eigenvalue weighted by Crippen LogP contribution is -2.00. The summed E-state index contributed by atoms with van der Waals surface area (Å²) < 4.78 is 0.859. The zero-order valence-electron chi connectivity index (χ0n) is 3.11. The van der Waals surface area contributed by atoms with E-state index < -0.39 is 0 Å². The van der Waals surface area contributed by atoms with Crippen LogP contribution in [-0.2, 0) is 0 Å². The lowest BCUT2D eigenvalue weighted by molar-refractivity contribution is 0.259. The molecule has 0 saturated heterocycles. The van der Waals surface area contributed by atoms with Gasteiger partial charge in [0.2, 0.25) is 0 Å². The van der Waals surface area contributed by atoms with Crippen molar-refractivity contribution in [2.45, 2.75) is 0 Å². The van der Waals surface area contributed by atoms with Gasteiger partial charge in [-0.2, -0.15) is 0 Å². The van der Waals surface area contributed by atoms with Gasteiger partial charge in [0.15, 0.2) is 0 Å². The number of hydrogen-bond acceptors (Lipinski definition) is 5. The number of rotatable bonds is 0. The SMILES string of the molecule is O=C(SS)N(S)S. The van der Waals surface area contributed by atoms with Crippen molar-refractivity contribution in [1.82, 2.24) is 3.71 Å². The predicted molar refractivity (Wildman–Crippen MR) is 41.8 cm³/mol. The number of hydrogen-bond donors (Lipinski definition) is 3. The first-order valence-electron chi connectivity index (χ1n) is 1.21. The zero-order chi connectivity index (χ0) is 5.86. The molecule has 0 aliphatic heterocycles. The molecule has 0 atom stereocenters. The Balaban J connectivity index is 3.35. The van der Waals surface area contributed by atoms with Gasteiger partial charge in [-0.05, 0) is 0 Å². The van der Waals surface area contributed by atoms with Crippen LogP contribution in [0.1, 0.15) is 0 Å². The summed E-state index contributed by atoms with van der Waals surface area (Å²) in [6.07, 6.45) is 0. The first-order valence-corrected chi connectivity index (χ1v) is 3.88. The fourth-order valence-electron chi connectivity index (χ4n) is 0.0365. The molecule has 0 aromatic heterocycles. The molecule has 0 fully saturated rings. The van der Waals surface area contributed by atoms with Gasteiger partial charge in [-0.3, -0.25) is 4.79 Å². The van der Waals surface area contributed by atoms with Crippen LogP contribution in [0, 0.1) is 0 Å². The Bertz CT molecular complexity index is 72.1. The highest BCUT2D eigenvalue weighted by Crippen LogP contribution is 2.14. The minimum atomic E-state index is -0.310. The van der Waals surface area contributed by atoms with Crippen LogP contribution in [0.5, 0.6) is 0 Å². The van der Waals surface area contributed by atoms with E-state index in [2.05, 4.69) is 37.3 Å². The van der Waals surface area contributed by atoms with E-state index in [0.717, 1.165) is 14.5 Å². The second-order valence-electron chi connectivity index (χ2n) is 0.647. The van der Waals surface area contributed by atoms with E-state index in [1.54, 1.807) is 0 Å². The van der Waals surface area contributed by atoms with E-state index in [-0.39, 0.29) is 5.24 Å². The Labute approximate surface area is 61.9 Å². The molecule has 0 aromatic carbocycles. The number of amides is 1. The Hall–Kier alpha value is 0.870. The van der Waals surface area contributed by atoms with Crippen molar-refractivity contribution in [3.63, 3.8) is 0 Å². The normalized spacial score (nSPS) is 8.43. The standard InChI is InChI=1S/CH3NOS4/c3-1(7-6)2(4)5/h4-6H. The van der Waals surface area contributed by atoms with Crippen LogP contribution in [0.4, 0.5) is 4.79 Å². The van der Waals surface area contributed by atoms with Crippen LogP contribution in [0.15, 0.2) is 0 Å². The highest BCUT2D eigenvalue weighted by atomic mass is 33.1. The molecule has 2 nitrogen and oxygen atoms in total. The summed E-state index contributed by atoms with van der Waals surface area (Å²) in [6, 6.07) is 0. The minimum Gasteiger partial charge on any atom is -0.259 e. The van der Waals surface area contributed by atoms with Crippen LogP contribution in [0.25, 0.3) is 0 Å². The van der Waals surface area contributed by atoms with Gasteiger partial charge >= 0.3 is 5.24 Å². The van der Waals surface area contributed by atoms with E-state index in [1.165, 1.54) is 0 Å². The van der Waals surface area contributed by atoms with E-state index >= 15 is 0 Å². The smallest absolute Gasteiger partial charge is 0.259 e. The molecule has 0 heterocycles. The molecule has 0 unspecified atom stereocenters. The highest BCUT2D eigenvalue weighted by Gasteiger charge is 2.00. The van der Waals surface area contributed by atoms with Crippen molar-refractivity contribution < 1.29 is 4.79 Å². The maximum Gasteiger partial charge on any atom is 0.311 e. The van der Waals surface area contributed by atoms with E-state index in [4.69, 9.17) is 0 Å². The lowest BCUT2D eigenvalue weighted by Gasteiger charge is -2.00. The Morgan fingerprint density at radius 1 is 1.57 bits per heavy atom. The Kier molecular flexibility index (Phi) is 4.30. The average molecular weight is 173 g/mol. The van der Waals surface area contributed by atoms with Crippen molar-refractivity contribution in [2.75, 3.05) is 0 Å². The fourth-order valence-corrected chi connectivity index (χ4v) is 0.986. The van der Waals surface area contributed by atoms with Gasteiger partial charge in [-0.1, -0.05) is 25.6 Å². The third kappa shape index (κ3) is 3.45. The number of carbonyl (C=O) groups excluding carboxylic acids is 1. The third-order valence-corrected chi connectivity index (χ3v) is 1.68. The number of carbonyl (C=O) groups is 1. The summed E-state index contributed by atoms with van der Waals surface area (Å²) in [4.78, 5) is 10.2. The molecule has 7 heavy (non-hydrogen) atoms. The molecule has 0 aliphatic rings. The van der Waals surface area contributed by atoms with Gasteiger partial charge in [0.05, 0.1) is 0 Å². The van der Waals surface area contributed by atoms with E-state index in [0.29, 0.717) is 0 Å². The van der Waals surface area contributed by atoms with Crippen molar-refractivity contribution in [2.24, 2.45) is 0 Å². The van der Waals surface area contributed by atoms with Gasteiger partial charge in [-0.15, -0.1) is 11.7 Å². The molecule has 0 aliphatic carbocycles. The third-order valence-electron chi connectivity index (χ3n) is 0.241. The summed E-state index contributed by atoms with van der Waals surface area (Å²) in [7, 11) is 0.762. The van der Waals surface area contributed by atoms with Crippen LogP contribution in [0.2, 0.25) is 0 Å². The molecule has 0 radical (unpaired) electrons. The maximum absolute atomic E-state index is 10.2. The minimum absolute atomic E-state index is 0.310. The van der Waals surface area contributed by atoms with Gasteiger partial charge in [0.25, 0.3) is 0 Å². The van der Waals surface area contributed by atoms with Crippen LogP contribution in [0.3, 0.4) is 0 Å². The average Bonchev–Trinajstić information content (AvgIpc) is 1.65. The molecule has 0 N–H and O–H groups in total. The lowest BCUT2D eigenvalue weighted by atomic mass is 11.4. The second kappa shape index (κ2) is 3.82. The van der Waals surface area contributed by atoms with E-state index in [1.807, 2.05) is 0 Å². The molecular formula is CH3NOS4. The summed E-state index contributed by atoms with van der Waals surface area (Å²) in [5.74, 6) is 0. The molecule has 0 spiro atoms. The topological polar surface area (TPSA) is 20.3 Å². The Morgan fingerprint density at radius 3 is 2.00 bits per heavy atom. The van der Waals surface area contributed by atoms with Gasteiger partial charge in [-0.25, -0.2) is 3.71 Å². The molecule has 6 heteroatoms. The molecule has 0 saturated carbocycles. The number of nitrogens with zero attached hydrogens (tertiary/aromatic N) is 1. The molecule has 0 rings (SSSR count). The summed E-state index contributed by atoms with van der Waals surface area (Å²) in [5.41, 5.74) is 0. The van der Waals surface area contributed by atoms with Crippen molar-refractivity contribution in [3.8, 4) is 0 Å².